The summed E-state index contributed by atoms with van der Waals surface area (Å²) in [6.45, 7) is 0.567. The summed E-state index contributed by atoms with van der Waals surface area (Å²) in [4.78, 5) is 12.7. The Kier molecular flexibility index (Phi) is 3.81. The fraction of sp³-hybridized carbons (Fsp3) is 0.438. The van der Waals surface area contributed by atoms with E-state index in [0.29, 0.717) is 22.9 Å². The molecule has 0 radical (unpaired) electrons. The molecule has 1 aromatic carbocycles. The summed E-state index contributed by atoms with van der Waals surface area (Å²) in [7, 11) is 0. The molecule has 3 rings (SSSR count). The molecule has 0 bridgehead atoms. The van der Waals surface area contributed by atoms with Crippen molar-refractivity contribution in [1.82, 2.24) is 0 Å². The number of hydrogen-bond donors (Lipinski definition) is 1. The van der Waals surface area contributed by atoms with Gasteiger partial charge in [-0.3, -0.25) is 4.79 Å². The van der Waals surface area contributed by atoms with Gasteiger partial charge in [0, 0.05) is 11.3 Å². The zero-order chi connectivity index (χ0) is 14.1. The van der Waals surface area contributed by atoms with E-state index in [1.54, 1.807) is 12.1 Å². The van der Waals surface area contributed by atoms with Gasteiger partial charge in [0.2, 0.25) is 5.78 Å². The maximum Gasteiger partial charge on any atom is 0.201 e. The standard InChI is InChI=1S/C16H18ClNO2/c17-13-7-3-5-10-8-14(20-16(10)13)15(19)12-6-2-1-4-11(12)9-18/h3,5,7-8,11-12H,1-2,4,6,9,18H2. The number of nitrogens with two attached hydrogens (primary N) is 1. The Bertz CT molecular complexity index is 634. The maximum atomic E-state index is 12.7. The van der Waals surface area contributed by atoms with Crippen molar-refractivity contribution in [3.05, 3.63) is 35.0 Å². The minimum Gasteiger partial charge on any atom is -0.451 e. The van der Waals surface area contributed by atoms with Crippen molar-refractivity contribution in [3.63, 3.8) is 0 Å². The number of carbonyl (C=O) groups is 1. The smallest absolute Gasteiger partial charge is 0.201 e. The van der Waals surface area contributed by atoms with E-state index in [2.05, 4.69) is 0 Å². The highest BCUT2D eigenvalue weighted by molar-refractivity contribution is 6.34. The number of halogens is 1. The van der Waals surface area contributed by atoms with E-state index in [1.807, 2.05) is 12.1 Å². The lowest BCUT2D eigenvalue weighted by molar-refractivity contribution is 0.0802. The molecule has 20 heavy (non-hydrogen) atoms. The van der Waals surface area contributed by atoms with Crippen molar-refractivity contribution in [2.24, 2.45) is 17.6 Å². The van der Waals surface area contributed by atoms with Gasteiger partial charge in [-0.25, -0.2) is 0 Å². The molecule has 4 heteroatoms. The molecule has 1 fully saturated rings. The second-order valence-corrected chi connectivity index (χ2v) is 5.93. The topological polar surface area (TPSA) is 56.2 Å². The largest absolute Gasteiger partial charge is 0.451 e. The summed E-state index contributed by atoms with van der Waals surface area (Å²) in [5.41, 5.74) is 6.40. The van der Waals surface area contributed by atoms with Crippen LogP contribution in [0.4, 0.5) is 0 Å². The van der Waals surface area contributed by atoms with Gasteiger partial charge in [-0.2, -0.15) is 0 Å². The summed E-state index contributed by atoms with van der Waals surface area (Å²) in [5, 5.41) is 1.42. The third-order valence-electron chi connectivity index (χ3n) is 4.29. The normalized spacial score (nSPS) is 23.1. The molecule has 0 saturated heterocycles. The van der Waals surface area contributed by atoms with Crippen LogP contribution in [-0.4, -0.2) is 12.3 Å². The van der Waals surface area contributed by atoms with Crippen molar-refractivity contribution in [2.75, 3.05) is 6.54 Å². The summed E-state index contributed by atoms with van der Waals surface area (Å²) < 4.78 is 5.68. The molecule has 3 nitrogen and oxygen atoms in total. The second kappa shape index (κ2) is 5.58. The van der Waals surface area contributed by atoms with Crippen molar-refractivity contribution in [1.29, 1.82) is 0 Å². The number of ketones is 1. The van der Waals surface area contributed by atoms with Gasteiger partial charge in [0.05, 0.1) is 5.02 Å². The van der Waals surface area contributed by atoms with E-state index >= 15 is 0 Å². The van der Waals surface area contributed by atoms with Crippen LogP contribution in [0.1, 0.15) is 36.2 Å². The van der Waals surface area contributed by atoms with Gasteiger partial charge < -0.3 is 10.2 Å². The van der Waals surface area contributed by atoms with E-state index < -0.39 is 0 Å². The van der Waals surface area contributed by atoms with Crippen molar-refractivity contribution in [3.8, 4) is 0 Å². The van der Waals surface area contributed by atoms with Crippen LogP contribution in [-0.2, 0) is 0 Å². The van der Waals surface area contributed by atoms with Crippen LogP contribution in [0.5, 0.6) is 0 Å². The van der Waals surface area contributed by atoms with Gasteiger partial charge in [-0.05, 0) is 37.4 Å². The number of carbonyl (C=O) groups excluding carboxylic acids is 1. The van der Waals surface area contributed by atoms with Gasteiger partial charge >= 0.3 is 0 Å². The van der Waals surface area contributed by atoms with Gasteiger partial charge in [0.25, 0.3) is 0 Å². The quantitative estimate of drug-likeness (QED) is 0.869. The number of fused-ring (bicyclic) bond motifs is 1. The van der Waals surface area contributed by atoms with E-state index in [9.17, 15) is 4.79 Å². The summed E-state index contributed by atoms with van der Waals surface area (Å²) in [6.07, 6.45) is 4.20. The predicted molar refractivity (Wildman–Crippen MR) is 80.1 cm³/mol. The van der Waals surface area contributed by atoms with Gasteiger partial charge in [0.15, 0.2) is 11.3 Å². The highest BCUT2D eigenvalue weighted by Gasteiger charge is 2.32. The molecule has 1 aliphatic rings. The number of rotatable bonds is 3. The average molecular weight is 292 g/mol. The minimum atomic E-state index is -0.00640. The van der Waals surface area contributed by atoms with Crippen molar-refractivity contribution in [2.45, 2.75) is 25.7 Å². The summed E-state index contributed by atoms with van der Waals surface area (Å²) in [5.74, 6) is 0.763. The Labute approximate surface area is 123 Å². The van der Waals surface area contributed by atoms with Gasteiger partial charge in [-0.1, -0.05) is 36.6 Å². The van der Waals surface area contributed by atoms with Crippen molar-refractivity contribution >= 4 is 28.4 Å². The number of benzene rings is 1. The average Bonchev–Trinajstić information content (AvgIpc) is 2.92. The van der Waals surface area contributed by atoms with Crippen LogP contribution in [0.2, 0.25) is 5.02 Å². The van der Waals surface area contributed by atoms with Crippen molar-refractivity contribution < 1.29 is 9.21 Å². The van der Waals surface area contributed by atoms with Crippen LogP contribution in [0.3, 0.4) is 0 Å². The van der Waals surface area contributed by atoms with E-state index in [1.165, 1.54) is 0 Å². The molecule has 2 unspecified atom stereocenters. The first-order chi connectivity index (χ1) is 9.70. The number of Topliss-reactive ketones (excluding diaryl/α,β-unsaturated/α-hetero) is 1. The highest BCUT2D eigenvalue weighted by Crippen LogP contribution is 2.34. The monoisotopic (exact) mass is 291 g/mol. The predicted octanol–water partition coefficient (Wildman–Crippen LogP) is 4.03. The molecular weight excluding hydrogens is 274 g/mol. The third kappa shape index (κ3) is 2.36. The van der Waals surface area contributed by atoms with Crippen LogP contribution < -0.4 is 5.73 Å². The van der Waals surface area contributed by atoms with Crippen LogP contribution in [0.25, 0.3) is 11.0 Å². The molecular formula is C16H18ClNO2. The lowest BCUT2D eigenvalue weighted by atomic mass is 9.76. The zero-order valence-corrected chi connectivity index (χ0v) is 12.0. The molecule has 1 aromatic heterocycles. The molecule has 0 aliphatic heterocycles. The number of hydrogen-bond acceptors (Lipinski definition) is 3. The van der Waals surface area contributed by atoms with E-state index in [0.717, 1.165) is 31.1 Å². The van der Waals surface area contributed by atoms with Gasteiger partial charge in [0.1, 0.15) is 0 Å². The Morgan fingerprint density at radius 2 is 2.15 bits per heavy atom. The fourth-order valence-corrected chi connectivity index (χ4v) is 3.39. The molecule has 1 saturated carbocycles. The van der Waals surface area contributed by atoms with Crippen LogP contribution in [0.15, 0.2) is 28.7 Å². The fourth-order valence-electron chi connectivity index (χ4n) is 3.17. The summed E-state index contributed by atoms with van der Waals surface area (Å²) in [6, 6.07) is 7.33. The first-order valence-corrected chi connectivity index (χ1v) is 7.51. The Balaban J connectivity index is 1.93. The maximum absolute atomic E-state index is 12.7. The Hall–Kier alpha value is -1.32. The molecule has 0 spiro atoms. The molecule has 1 heterocycles. The Morgan fingerprint density at radius 1 is 1.35 bits per heavy atom. The third-order valence-corrected chi connectivity index (χ3v) is 4.59. The van der Waals surface area contributed by atoms with Gasteiger partial charge in [-0.15, -0.1) is 0 Å². The van der Waals surface area contributed by atoms with E-state index in [-0.39, 0.29) is 17.6 Å². The molecule has 2 N–H and O–H groups in total. The number of furan rings is 1. The molecule has 2 atom stereocenters. The van der Waals surface area contributed by atoms with Crippen LogP contribution >= 0.6 is 11.6 Å². The minimum absolute atomic E-state index is 0.00640. The summed E-state index contributed by atoms with van der Waals surface area (Å²) >= 11 is 6.09. The second-order valence-electron chi connectivity index (χ2n) is 5.52. The molecule has 2 aromatic rings. The lowest BCUT2D eigenvalue weighted by Crippen LogP contribution is -2.32. The van der Waals surface area contributed by atoms with Crippen LogP contribution in [0, 0.1) is 11.8 Å². The highest BCUT2D eigenvalue weighted by atomic mass is 35.5. The first kappa shape index (κ1) is 13.7. The lowest BCUT2D eigenvalue weighted by Gasteiger charge is -2.28. The Morgan fingerprint density at radius 3 is 2.90 bits per heavy atom. The molecule has 106 valence electrons. The zero-order valence-electron chi connectivity index (χ0n) is 11.3. The molecule has 0 amide bonds. The first-order valence-electron chi connectivity index (χ1n) is 7.13. The molecule has 1 aliphatic carbocycles. The SMILES string of the molecule is NCC1CCCCC1C(=O)c1cc2cccc(Cl)c2o1. The number of para-hydroxylation sites is 1. The van der Waals surface area contributed by atoms with E-state index in [4.69, 9.17) is 21.8 Å².